The highest BCUT2D eigenvalue weighted by Crippen LogP contribution is 2.47. The number of carbonyl (C=O) groups is 2. The number of allylic oxidation sites excluding steroid dienone is 2. The number of aldehydes is 1. The molecule has 4 atom stereocenters. The van der Waals surface area contributed by atoms with Crippen LogP contribution in [0, 0.1) is 29.1 Å². The van der Waals surface area contributed by atoms with E-state index in [1.807, 2.05) is 20.8 Å². The van der Waals surface area contributed by atoms with E-state index in [1.54, 1.807) is 0 Å². The van der Waals surface area contributed by atoms with Crippen LogP contribution in [0.25, 0.3) is 0 Å². The van der Waals surface area contributed by atoms with Crippen LogP contribution in [0.4, 0.5) is 0 Å². The average molecular weight is 236 g/mol. The van der Waals surface area contributed by atoms with Gasteiger partial charge in [0.05, 0.1) is 12.0 Å². The Morgan fingerprint density at radius 1 is 1.35 bits per heavy atom. The maximum atomic E-state index is 11.7. The summed E-state index contributed by atoms with van der Waals surface area (Å²) in [6.07, 6.45) is 6.37. The third-order valence-electron chi connectivity index (χ3n) is 3.86. The van der Waals surface area contributed by atoms with Gasteiger partial charge in [-0.15, -0.1) is 0 Å². The van der Waals surface area contributed by atoms with E-state index in [9.17, 15) is 9.59 Å². The van der Waals surface area contributed by atoms with Gasteiger partial charge in [-0.1, -0.05) is 12.2 Å². The molecule has 0 aromatic carbocycles. The van der Waals surface area contributed by atoms with Crippen LogP contribution in [-0.2, 0) is 14.3 Å². The second kappa shape index (κ2) is 4.28. The van der Waals surface area contributed by atoms with Crippen LogP contribution in [-0.4, -0.2) is 18.9 Å². The first-order valence-corrected chi connectivity index (χ1v) is 6.24. The molecule has 0 radical (unpaired) electrons. The molecule has 17 heavy (non-hydrogen) atoms. The Bertz CT molecular complexity index is 351. The number of fused-ring (bicyclic) bond motifs is 2. The van der Waals surface area contributed by atoms with Crippen molar-refractivity contribution in [3.8, 4) is 0 Å². The number of hydrogen-bond donors (Lipinski definition) is 0. The summed E-state index contributed by atoms with van der Waals surface area (Å²) in [5.74, 6) is 0.833. The van der Waals surface area contributed by atoms with Crippen molar-refractivity contribution in [2.24, 2.45) is 29.1 Å². The zero-order chi connectivity index (χ0) is 12.6. The van der Waals surface area contributed by atoms with Crippen LogP contribution < -0.4 is 0 Å². The minimum Gasteiger partial charge on any atom is -0.465 e. The molecule has 2 bridgehead atoms. The van der Waals surface area contributed by atoms with Crippen molar-refractivity contribution < 1.29 is 14.3 Å². The van der Waals surface area contributed by atoms with Crippen LogP contribution >= 0.6 is 0 Å². The lowest BCUT2D eigenvalue weighted by molar-refractivity contribution is -0.155. The zero-order valence-electron chi connectivity index (χ0n) is 10.7. The van der Waals surface area contributed by atoms with E-state index >= 15 is 0 Å². The van der Waals surface area contributed by atoms with Crippen LogP contribution in [0.1, 0.15) is 27.2 Å². The normalized spacial score (nSPS) is 35.0. The van der Waals surface area contributed by atoms with Crippen LogP contribution in [0.2, 0.25) is 0 Å². The van der Waals surface area contributed by atoms with Crippen LogP contribution in [0.15, 0.2) is 12.2 Å². The molecule has 0 heterocycles. The van der Waals surface area contributed by atoms with Gasteiger partial charge in [0, 0.05) is 11.8 Å². The van der Waals surface area contributed by atoms with Gasteiger partial charge in [-0.3, -0.25) is 4.79 Å². The summed E-state index contributed by atoms with van der Waals surface area (Å²) in [7, 11) is 0. The fraction of sp³-hybridized carbons (Fsp3) is 0.714. The Morgan fingerprint density at radius 2 is 2.00 bits per heavy atom. The summed E-state index contributed by atoms with van der Waals surface area (Å²) in [4.78, 5) is 22.8. The van der Waals surface area contributed by atoms with Crippen molar-refractivity contribution in [1.82, 2.24) is 0 Å². The molecular formula is C14H20O3. The molecule has 4 unspecified atom stereocenters. The van der Waals surface area contributed by atoms with E-state index in [-0.39, 0.29) is 17.8 Å². The highest BCUT2D eigenvalue weighted by molar-refractivity contribution is 5.75. The lowest BCUT2D eigenvalue weighted by Crippen LogP contribution is -2.30. The van der Waals surface area contributed by atoms with Gasteiger partial charge in [-0.25, -0.2) is 0 Å². The molecule has 1 saturated carbocycles. The number of carbonyl (C=O) groups excluding carboxylic acids is 2. The monoisotopic (exact) mass is 236 g/mol. The molecule has 3 nitrogen and oxygen atoms in total. The number of ether oxygens (including phenoxy) is 1. The Hall–Kier alpha value is -1.12. The maximum absolute atomic E-state index is 11.7. The van der Waals surface area contributed by atoms with Gasteiger partial charge in [0.15, 0.2) is 0 Å². The minimum atomic E-state index is -0.468. The molecule has 2 aliphatic carbocycles. The van der Waals surface area contributed by atoms with Crippen molar-refractivity contribution in [2.75, 3.05) is 6.61 Å². The summed E-state index contributed by atoms with van der Waals surface area (Å²) in [6, 6.07) is 0. The highest BCUT2D eigenvalue weighted by atomic mass is 16.5. The Morgan fingerprint density at radius 3 is 2.59 bits per heavy atom. The second-order valence-corrected chi connectivity index (χ2v) is 6.17. The summed E-state index contributed by atoms with van der Waals surface area (Å²) < 4.78 is 5.34. The fourth-order valence-corrected chi connectivity index (χ4v) is 2.79. The quantitative estimate of drug-likeness (QED) is 0.428. The van der Waals surface area contributed by atoms with E-state index in [2.05, 4.69) is 12.2 Å². The Balaban J connectivity index is 1.94. The molecule has 2 rings (SSSR count). The molecule has 0 spiro atoms. The summed E-state index contributed by atoms with van der Waals surface area (Å²) in [5, 5.41) is 0. The third kappa shape index (κ3) is 2.28. The Labute approximate surface area is 102 Å². The molecule has 94 valence electrons. The SMILES string of the molecule is CC(C)(C)C(=O)OCC1C2C=CC(C2)C1C=O. The van der Waals surface area contributed by atoms with Gasteiger partial charge < -0.3 is 9.53 Å². The van der Waals surface area contributed by atoms with E-state index in [0.29, 0.717) is 18.4 Å². The summed E-state index contributed by atoms with van der Waals surface area (Å²) >= 11 is 0. The highest BCUT2D eigenvalue weighted by Gasteiger charge is 2.45. The number of hydrogen-bond acceptors (Lipinski definition) is 3. The van der Waals surface area contributed by atoms with Crippen LogP contribution in [0.5, 0.6) is 0 Å². The summed E-state index contributed by atoms with van der Waals surface area (Å²) in [5.41, 5.74) is -0.468. The van der Waals surface area contributed by atoms with E-state index in [1.165, 1.54) is 0 Å². The van der Waals surface area contributed by atoms with Gasteiger partial charge in [-0.05, 0) is 39.0 Å². The molecule has 0 amide bonds. The molecule has 0 aromatic heterocycles. The predicted octanol–water partition coefficient (Wildman–Crippen LogP) is 2.21. The van der Waals surface area contributed by atoms with Gasteiger partial charge in [0.1, 0.15) is 6.29 Å². The lowest BCUT2D eigenvalue weighted by Gasteiger charge is -2.25. The first kappa shape index (κ1) is 12.3. The smallest absolute Gasteiger partial charge is 0.311 e. The molecular weight excluding hydrogens is 216 g/mol. The molecule has 3 heteroatoms. The van der Waals surface area contributed by atoms with E-state index in [0.717, 1.165) is 12.7 Å². The largest absolute Gasteiger partial charge is 0.465 e. The van der Waals surface area contributed by atoms with Gasteiger partial charge in [-0.2, -0.15) is 0 Å². The topological polar surface area (TPSA) is 43.4 Å². The molecule has 0 aliphatic heterocycles. The second-order valence-electron chi connectivity index (χ2n) is 6.17. The molecule has 2 aliphatic rings. The van der Waals surface area contributed by atoms with Crippen LogP contribution in [0.3, 0.4) is 0 Å². The van der Waals surface area contributed by atoms with Gasteiger partial charge >= 0.3 is 5.97 Å². The maximum Gasteiger partial charge on any atom is 0.311 e. The van der Waals surface area contributed by atoms with Gasteiger partial charge in [0.2, 0.25) is 0 Å². The first-order chi connectivity index (χ1) is 7.93. The molecule has 0 saturated heterocycles. The van der Waals surface area contributed by atoms with Crippen molar-refractivity contribution in [3.05, 3.63) is 12.2 Å². The van der Waals surface area contributed by atoms with Gasteiger partial charge in [0.25, 0.3) is 0 Å². The molecule has 0 N–H and O–H groups in total. The van der Waals surface area contributed by atoms with Crippen molar-refractivity contribution in [2.45, 2.75) is 27.2 Å². The minimum absolute atomic E-state index is 0.0396. The first-order valence-electron chi connectivity index (χ1n) is 6.24. The lowest BCUT2D eigenvalue weighted by atomic mass is 9.84. The van der Waals surface area contributed by atoms with E-state index < -0.39 is 5.41 Å². The molecule has 0 aromatic rings. The number of esters is 1. The van der Waals surface area contributed by atoms with Crippen molar-refractivity contribution in [3.63, 3.8) is 0 Å². The number of rotatable bonds is 3. The summed E-state index contributed by atoms with van der Waals surface area (Å²) in [6.45, 7) is 5.90. The van der Waals surface area contributed by atoms with E-state index in [4.69, 9.17) is 4.74 Å². The predicted molar refractivity (Wildman–Crippen MR) is 64.2 cm³/mol. The zero-order valence-corrected chi connectivity index (χ0v) is 10.7. The third-order valence-corrected chi connectivity index (χ3v) is 3.86. The Kier molecular flexibility index (Phi) is 3.11. The average Bonchev–Trinajstić information content (AvgIpc) is 2.83. The fourth-order valence-electron chi connectivity index (χ4n) is 2.79. The van der Waals surface area contributed by atoms with Crippen molar-refractivity contribution in [1.29, 1.82) is 0 Å². The standard InChI is InChI=1S/C14H20O3/c1-14(2,3)13(16)17-8-12-10-5-4-9(6-10)11(12)7-15/h4-5,7,9-12H,6,8H2,1-3H3. The molecule has 1 fully saturated rings. The van der Waals surface area contributed by atoms with Crippen molar-refractivity contribution >= 4 is 12.3 Å².